The zero-order valence-corrected chi connectivity index (χ0v) is 17.5. The quantitative estimate of drug-likeness (QED) is 0.302. The Bertz CT molecular complexity index is 954. The van der Waals surface area contributed by atoms with Crippen molar-refractivity contribution in [3.8, 4) is 0 Å². The molecule has 3 aliphatic rings. The minimum atomic E-state index is -1.43. The van der Waals surface area contributed by atoms with E-state index in [2.05, 4.69) is 15.5 Å². The molecule has 11 nitrogen and oxygen atoms in total. The molecule has 13 heteroatoms. The molecule has 0 spiro atoms. The fourth-order valence-electron chi connectivity index (χ4n) is 3.63. The fraction of sp³-hybridized carbons (Fsp3) is 0.471. The number of nitrogen functional groups attached to an aromatic ring is 1. The number of nitrogens with two attached hydrogens (primary N) is 1. The molecule has 4 rings (SSSR count). The van der Waals surface area contributed by atoms with Crippen LogP contribution in [0.2, 0.25) is 0 Å². The van der Waals surface area contributed by atoms with Gasteiger partial charge in [0.15, 0.2) is 10.8 Å². The number of carboxylic acids is 1. The van der Waals surface area contributed by atoms with Crippen LogP contribution in [-0.4, -0.2) is 70.4 Å². The van der Waals surface area contributed by atoms with Crippen LogP contribution >= 0.6 is 23.1 Å². The van der Waals surface area contributed by atoms with E-state index in [0.717, 1.165) is 17.8 Å². The summed E-state index contributed by atoms with van der Waals surface area (Å²) in [5.41, 5.74) is 5.93. The van der Waals surface area contributed by atoms with Gasteiger partial charge in [0.05, 0.1) is 22.6 Å². The van der Waals surface area contributed by atoms with Crippen molar-refractivity contribution in [1.82, 2.24) is 15.2 Å². The lowest BCUT2D eigenvalue weighted by atomic mass is 9.99. The molecule has 3 N–H and O–H groups in total. The Kier molecular flexibility index (Phi) is 5.66. The van der Waals surface area contributed by atoms with E-state index in [1.807, 2.05) is 0 Å². The summed E-state index contributed by atoms with van der Waals surface area (Å²) in [6, 6.07) is -0.907. The number of oxime groups is 1. The second kappa shape index (κ2) is 8.24. The van der Waals surface area contributed by atoms with Crippen molar-refractivity contribution in [2.45, 2.75) is 30.4 Å². The Morgan fingerprint density at radius 3 is 2.90 bits per heavy atom. The third-order valence-corrected chi connectivity index (χ3v) is 7.09. The van der Waals surface area contributed by atoms with Crippen molar-refractivity contribution in [2.75, 3.05) is 25.2 Å². The molecule has 0 saturated carbocycles. The van der Waals surface area contributed by atoms with Gasteiger partial charge in [0.25, 0.3) is 11.8 Å². The van der Waals surface area contributed by atoms with Crippen LogP contribution in [0, 0.1) is 0 Å². The first-order valence-corrected chi connectivity index (χ1v) is 10.9. The van der Waals surface area contributed by atoms with Crippen LogP contribution in [0.4, 0.5) is 5.13 Å². The Balaban J connectivity index is 1.53. The van der Waals surface area contributed by atoms with E-state index < -0.39 is 29.2 Å². The van der Waals surface area contributed by atoms with Crippen molar-refractivity contribution in [3.63, 3.8) is 0 Å². The molecule has 4 heterocycles. The Morgan fingerprint density at radius 2 is 2.30 bits per heavy atom. The lowest BCUT2D eigenvalue weighted by Gasteiger charge is -2.51. The number of nitrogens with zero attached hydrogens (tertiary/aromatic N) is 3. The normalized spacial score (nSPS) is 26.3. The van der Waals surface area contributed by atoms with E-state index in [1.54, 1.807) is 0 Å². The van der Waals surface area contributed by atoms with Crippen molar-refractivity contribution < 1.29 is 29.1 Å². The third-order valence-electron chi connectivity index (χ3n) is 4.95. The van der Waals surface area contributed by atoms with E-state index in [4.69, 9.17) is 15.3 Å². The van der Waals surface area contributed by atoms with Crippen molar-refractivity contribution in [1.29, 1.82) is 0 Å². The third kappa shape index (κ3) is 3.52. The van der Waals surface area contributed by atoms with Gasteiger partial charge in [-0.15, -0.1) is 11.8 Å². The summed E-state index contributed by atoms with van der Waals surface area (Å²) in [5, 5.41) is 17.8. The predicted octanol–water partition coefficient (Wildman–Crippen LogP) is -1.34. The number of thioether (sulfide) groups is 1. The van der Waals surface area contributed by atoms with E-state index in [-0.39, 0.29) is 22.6 Å². The standard InChI is InChI=1S/C17H19N5O6S2/c1-27-21-10(9-5-19-17(18)30-9)13(23)20-11-14(24)22-12(16(25)26)7(6-29-15(11)22)8-3-2-4-28-8/h5,8,11,15H,2-4,6H2,1H3,(H2,18,19)(H,20,23)(H,25,26)/p-1/b21-10-/t8?,11-,15-/m1/s1. The van der Waals surface area contributed by atoms with Crippen molar-refractivity contribution in [3.05, 3.63) is 22.3 Å². The number of aliphatic carboxylic acids is 1. The number of anilines is 1. The van der Waals surface area contributed by atoms with Crippen LogP contribution in [0.3, 0.4) is 0 Å². The average molecular weight is 452 g/mol. The maximum absolute atomic E-state index is 12.8. The van der Waals surface area contributed by atoms with Crippen molar-refractivity contribution in [2.24, 2.45) is 5.16 Å². The maximum atomic E-state index is 12.8. The minimum absolute atomic E-state index is 0.0746. The zero-order chi connectivity index (χ0) is 21.4. The Labute approximate surface area is 179 Å². The number of thiazole rings is 1. The zero-order valence-electron chi connectivity index (χ0n) is 15.8. The molecule has 0 radical (unpaired) electrons. The smallest absolute Gasteiger partial charge is 0.275 e. The molecule has 0 aromatic carbocycles. The summed E-state index contributed by atoms with van der Waals surface area (Å²) in [5.74, 6) is -2.23. The summed E-state index contributed by atoms with van der Waals surface area (Å²) in [6.07, 6.45) is 2.59. The van der Waals surface area contributed by atoms with E-state index >= 15 is 0 Å². The predicted molar refractivity (Wildman–Crippen MR) is 106 cm³/mol. The highest BCUT2D eigenvalue weighted by molar-refractivity contribution is 8.00. The number of hydrogen-bond acceptors (Lipinski definition) is 11. The molecule has 3 aliphatic heterocycles. The highest BCUT2D eigenvalue weighted by Gasteiger charge is 2.54. The average Bonchev–Trinajstić information content (AvgIpc) is 3.40. The van der Waals surface area contributed by atoms with Gasteiger partial charge in [0.2, 0.25) is 0 Å². The molecule has 30 heavy (non-hydrogen) atoms. The van der Waals surface area contributed by atoms with Crippen LogP contribution in [0.5, 0.6) is 0 Å². The molecular formula is C17H18N5O6S2-. The second-order valence-corrected chi connectivity index (χ2v) is 8.88. The van der Waals surface area contributed by atoms with Gasteiger partial charge < -0.3 is 30.5 Å². The summed E-state index contributed by atoms with van der Waals surface area (Å²) >= 11 is 2.41. The van der Waals surface area contributed by atoms with Crippen LogP contribution in [0.1, 0.15) is 17.7 Å². The van der Waals surface area contributed by atoms with Gasteiger partial charge in [-0.1, -0.05) is 16.5 Å². The second-order valence-electron chi connectivity index (χ2n) is 6.71. The van der Waals surface area contributed by atoms with E-state index in [0.29, 0.717) is 29.2 Å². The molecule has 0 bridgehead atoms. The van der Waals surface area contributed by atoms with E-state index in [1.165, 1.54) is 30.0 Å². The highest BCUT2D eigenvalue weighted by Crippen LogP contribution is 2.42. The number of hydrogen-bond donors (Lipinski definition) is 2. The first kappa shape index (κ1) is 20.6. The lowest BCUT2D eigenvalue weighted by molar-refractivity contribution is -0.301. The number of carbonyl (C=O) groups excluding carboxylic acids is 3. The number of carboxylic acid groups (broad SMARTS) is 1. The Hall–Kier alpha value is -2.64. The summed E-state index contributed by atoms with van der Waals surface area (Å²) in [7, 11) is 1.29. The summed E-state index contributed by atoms with van der Waals surface area (Å²) < 4.78 is 5.60. The number of β-lactam (4-membered cyclic amide) rings is 1. The molecule has 1 aromatic heterocycles. The van der Waals surface area contributed by atoms with Gasteiger partial charge in [-0.05, 0) is 18.4 Å². The first-order valence-electron chi connectivity index (χ1n) is 9.06. The van der Waals surface area contributed by atoms with Gasteiger partial charge >= 0.3 is 0 Å². The van der Waals surface area contributed by atoms with Crippen molar-refractivity contribution >= 4 is 51.7 Å². The molecular weight excluding hydrogens is 434 g/mol. The molecule has 1 unspecified atom stereocenters. The van der Waals surface area contributed by atoms with Gasteiger partial charge in [-0.2, -0.15) is 0 Å². The minimum Gasteiger partial charge on any atom is -0.543 e. The molecule has 3 atom stereocenters. The van der Waals surface area contributed by atoms with Crippen LogP contribution in [0.25, 0.3) is 0 Å². The van der Waals surface area contributed by atoms with Crippen LogP contribution < -0.4 is 16.2 Å². The van der Waals surface area contributed by atoms with Gasteiger partial charge in [0, 0.05) is 18.6 Å². The Morgan fingerprint density at radius 1 is 1.50 bits per heavy atom. The topological polar surface area (TPSA) is 159 Å². The fourth-order valence-corrected chi connectivity index (χ4v) is 5.70. The maximum Gasteiger partial charge on any atom is 0.275 e. The highest BCUT2D eigenvalue weighted by atomic mass is 32.2. The molecule has 160 valence electrons. The van der Waals surface area contributed by atoms with Gasteiger partial charge in [-0.25, -0.2) is 4.98 Å². The number of amides is 2. The molecule has 1 aromatic rings. The summed E-state index contributed by atoms with van der Waals surface area (Å²) in [4.78, 5) is 47.4. The van der Waals surface area contributed by atoms with Crippen LogP contribution in [-0.2, 0) is 24.0 Å². The molecule has 2 saturated heterocycles. The number of fused-ring (bicyclic) bond motifs is 1. The number of aromatic nitrogens is 1. The first-order chi connectivity index (χ1) is 14.4. The largest absolute Gasteiger partial charge is 0.543 e. The number of nitrogens with one attached hydrogen (secondary N) is 1. The number of rotatable bonds is 6. The SMILES string of the molecule is CO/N=C(\C(=O)N[C@@H]1C(=O)N2C(C(=O)[O-])=C(C3CCCO3)CS[C@H]12)c1cnc(N)s1. The molecule has 2 amide bonds. The number of ether oxygens (including phenoxy) is 1. The van der Waals surface area contributed by atoms with Crippen LogP contribution in [0.15, 0.2) is 22.6 Å². The van der Waals surface area contributed by atoms with Gasteiger partial charge in [0.1, 0.15) is 18.5 Å². The molecule has 0 aliphatic carbocycles. The lowest BCUT2D eigenvalue weighted by Crippen LogP contribution is -2.71. The monoisotopic (exact) mass is 452 g/mol. The summed E-state index contributed by atoms with van der Waals surface area (Å²) in [6.45, 7) is 0.554. The van der Waals surface area contributed by atoms with E-state index in [9.17, 15) is 19.5 Å². The van der Waals surface area contributed by atoms with Gasteiger partial charge in [-0.3, -0.25) is 14.5 Å². The molecule has 2 fully saturated rings. The number of carbonyl (C=O) groups is 3.